The Labute approximate surface area is 68.8 Å². The molecule has 5 nitrogen and oxygen atoms in total. The molecule has 0 aromatic rings. The van der Waals surface area contributed by atoms with Crippen molar-refractivity contribution in [2.75, 3.05) is 0 Å². The quantitative estimate of drug-likeness (QED) is 0.362. The van der Waals surface area contributed by atoms with E-state index in [2.05, 4.69) is 11.9 Å². The third-order valence-corrected chi connectivity index (χ3v) is 1.29. The Balaban J connectivity index is 0.000000120. The van der Waals surface area contributed by atoms with Crippen molar-refractivity contribution in [3.63, 3.8) is 0 Å². The van der Waals surface area contributed by atoms with Gasteiger partial charge in [-0.25, -0.2) is 0 Å². The van der Waals surface area contributed by atoms with E-state index < -0.39 is 0 Å². The molecule has 3 amide bonds. The van der Waals surface area contributed by atoms with E-state index in [0.29, 0.717) is 6.42 Å². The van der Waals surface area contributed by atoms with Gasteiger partial charge in [0.15, 0.2) is 0 Å². The highest BCUT2D eigenvalue weighted by molar-refractivity contribution is 6.14. The molecule has 0 aromatic heterocycles. The number of rotatable bonds is 0. The van der Waals surface area contributed by atoms with Crippen molar-refractivity contribution in [1.29, 1.82) is 0 Å². The molecule has 0 aliphatic carbocycles. The average molecular weight is 168 g/mol. The summed E-state index contributed by atoms with van der Waals surface area (Å²) in [6.45, 7) is 3.48. The van der Waals surface area contributed by atoms with E-state index in [1.165, 1.54) is 0 Å². The Morgan fingerprint density at radius 2 is 1.25 bits per heavy atom. The molecule has 0 atom stereocenters. The fourth-order valence-corrected chi connectivity index (χ4v) is 0.656. The first-order chi connectivity index (χ1) is 5.58. The van der Waals surface area contributed by atoms with Crippen molar-refractivity contribution < 1.29 is 14.4 Å². The van der Waals surface area contributed by atoms with Crippen LogP contribution < -0.4 is 10.6 Å². The van der Waals surface area contributed by atoms with Crippen LogP contribution >= 0.6 is 0 Å². The largest absolute Gasteiger partial charge is 0.330 e. The van der Waals surface area contributed by atoms with E-state index in [1.54, 1.807) is 0 Å². The van der Waals surface area contributed by atoms with Crippen LogP contribution in [0.1, 0.15) is 12.8 Å². The van der Waals surface area contributed by atoms with Crippen LogP contribution in [0.2, 0.25) is 0 Å². The number of hydrogen-bond donors (Lipinski definition) is 2. The van der Waals surface area contributed by atoms with Gasteiger partial charge in [0.2, 0.25) is 17.7 Å². The van der Waals surface area contributed by atoms with Gasteiger partial charge in [0, 0.05) is 5.70 Å². The first-order valence-electron chi connectivity index (χ1n) is 3.38. The van der Waals surface area contributed by atoms with Gasteiger partial charge in [-0.05, 0) is 0 Å². The SMILES string of the molecule is C=C1CC(=O)N1.O=C1CC(=O)N1. The minimum atomic E-state index is -0.167. The maximum Gasteiger partial charge on any atom is 0.236 e. The number of amides is 3. The topological polar surface area (TPSA) is 75.3 Å². The van der Waals surface area contributed by atoms with Crippen molar-refractivity contribution in [2.45, 2.75) is 12.8 Å². The molecule has 2 N–H and O–H groups in total. The second-order valence-corrected chi connectivity index (χ2v) is 2.48. The highest BCUT2D eigenvalue weighted by Gasteiger charge is 2.20. The summed E-state index contributed by atoms with van der Waals surface area (Å²) in [5.41, 5.74) is 0.833. The highest BCUT2D eigenvalue weighted by atomic mass is 16.2. The van der Waals surface area contributed by atoms with Crippen molar-refractivity contribution >= 4 is 17.7 Å². The summed E-state index contributed by atoms with van der Waals surface area (Å²) >= 11 is 0. The van der Waals surface area contributed by atoms with Crippen LogP contribution in [-0.2, 0) is 14.4 Å². The molecule has 0 unspecified atom stereocenters. The van der Waals surface area contributed by atoms with E-state index >= 15 is 0 Å². The van der Waals surface area contributed by atoms with Gasteiger partial charge >= 0.3 is 0 Å². The Morgan fingerprint density at radius 1 is 0.917 bits per heavy atom. The monoisotopic (exact) mass is 168 g/mol. The summed E-state index contributed by atoms with van der Waals surface area (Å²) in [5.74, 6) is -0.250. The van der Waals surface area contributed by atoms with Crippen molar-refractivity contribution in [3.05, 3.63) is 12.3 Å². The number of imide groups is 1. The Morgan fingerprint density at radius 3 is 1.25 bits per heavy atom. The maximum atomic E-state index is 9.94. The van der Waals surface area contributed by atoms with Gasteiger partial charge in [0.1, 0.15) is 6.42 Å². The van der Waals surface area contributed by atoms with Crippen LogP contribution in [0.4, 0.5) is 0 Å². The predicted octanol–water partition coefficient (Wildman–Crippen LogP) is -0.947. The van der Waals surface area contributed by atoms with Gasteiger partial charge in [0.05, 0.1) is 6.42 Å². The molecule has 2 rings (SSSR count). The number of carbonyl (C=O) groups is 3. The lowest BCUT2D eigenvalue weighted by Gasteiger charge is -2.14. The highest BCUT2D eigenvalue weighted by Crippen LogP contribution is 2.02. The molecular formula is C7H8N2O3. The third-order valence-electron chi connectivity index (χ3n) is 1.29. The molecule has 0 spiro atoms. The lowest BCUT2D eigenvalue weighted by Crippen LogP contribution is -2.43. The molecule has 2 fully saturated rings. The van der Waals surface area contributed by atoms with Gasteiger partial charge in [-0.2, -0.15) is 0 Å². The second-order valence-electron chi connectivity index (χ2n) is 2.48. The second kappa shape index (κ2) is 3.17. The van der Waals surface area contributed by atoms with Crippen LogP contribution in [0.25, 0.3) is 0 Å². The first kappa shape index (κ1) is 8.45. The molecular weight excluding hydrogens is 160 g/mol. The smallest absolute Gasteiger partial charge is 0.236 e. The molecule has 0 radical (unpaired) electrons. The Bertz CT molecular complexity index is 198. The van der Waals surface area contributed by atoms with E-state index in [4.69, 9.17) is 0 Å². The molecule has 0 saturated carbocycles. The molecule has 5 heteroatoms. The van der Waals surface area contributed by atoms with Crippen LogP contribution in [0.3, 0.4) is 0 Å². The molecule has 64 valence electrons. The molecule has 2 heterocycles. The van der Waals surface area contributed by atoms with Crippen LogP contribution in [0, 0.1) is 0 Å². The summed E-state index contributed by atoms with van der Waals surface area (Å²) in [4.78, 5) is 29.5. The minimum Gasteiger partial charge on any atom is -0.330 e. The van der Waals surface area contributed by atoms with Crippen molar-refractivity contribution in [1.82, 2.24) is 10.6 Å². The van der Waals surface area contributed by atoms with E-state index in [1.807, 2.05) is 5.32 Å². The van der Waals surface area contributed by atoms with Gasteiger partial charge in [-0.3, -0.25) is 19.7 Å². The maximum absolute atomic E-state index is 9.94. The lowest BCUT2D eigenvalue weighted by molar-refractivity contribution is -0.141. The number of β-lactam (4-membered cyclic amide) rings is 3. The lowest BCUT2D eigenvalue weighted by atomic mass is 10.2. The van der Waals surface area contributed by atoms with E-state index in [-0.39, 0.29) is 24.1 Å². The zero-order valence-corrected chi connectivity index (χ0v) is 6.35. The first-order valence-corrected chi connectivity index (χ1v) is 3.38. The number of carbonyl (C=O) groups excluding carboxylic acids is 3. The molecule has 0 bridgehead atoms. The molecule has 0 aromatic carbocycles. The predicted molar refractivity (Wildman–Crippen MR) is 39.7 cm³/mol. The minimum absolute atomic E-state index is 0.0833. The zero-order chi connectivity index (χ0) is 9.14. The van der Waals surface area contributed by atoms with Crippen LogP contribution in [-0.4, -0.2) is 17.7 Å². The molecule has 2 aliphatic heterocycles. The van der Waals surface area contributed by atoms with Crippen LogP contribution in [0.15, 0.2) is 12.3 Å². The molecule has 12 heavy (non-hydrogen) atoms. The summed E-state index contributed by atoms with van der Waals surface area (Å²) in [7, 11) is 0. The van der Waals surface area contributed by atoms with Crippen molar-refractivity contribution in [2.24, 2.45) is 0 Å². The zero-order valence-electron chi connectivity index (χ0n) is 6.35. The van der Waals surface area contributed by atoms with Gasteiger partial charge in [0.25, 0.3) is 0 Å². The Kier molecular flexibility index (Phi) is 2.23. The fourth-order valence-electron chi connectivity index (χ4n) is 0.656. The number of nitrogens with one attached hydrogen (secondary N) is 2. The summed E-state index contributed by atoms with van der Waals surface area (Å²) in [6.07, 6.45) is 0.611. The van der Waals surface area contributed by atoms with Crippen LogP contribution in [0.5, 0.6) is 0 Å². The molecule has 2 saturated heterocycles. The van der Waals surface area contributed by atoms with E-state index in [0.717, 1.165) is 5.70 Å². The average Bonchev–Trinajstić information content (AvgIpc) is 1.84. The number of hydrogen-bond acceptors (Lipinski definition) is 3. The third kappa shape index (κ3) is 2.19. The standard InChI is InChI=1S/C4H5NO.C3H3NO2/c1-3-2-4(6)5-3;5-2-1-3(6)4-2/h1-2H2,(H,5,6);1H2,(H,4,5,6). The van der Waals surface area contributed by atoms with Crippen molar-refractivity contribution in [3.8, 4) is 0 Å². The summed E-state index contributed by atoms with van der Waals surface area (Å²) < 4.78 is 0. The normalized spacial score (nSPS) is 19.3. The van der Waals surface area contributed by atoms with E-state index in [9.17, 15) is 14.4 Å². The van der Waals surface area contributed by atoms with Gasteiger partial charge in [-0.15, -0.1) is 0 Å². The Hall–Kier alpha value is -1.65. The summed E-state index contributed by atoms with van der Waals surface area (Å²) in [6, 6.07) is 0. The van der Waals surface area contributed by atoms with Gasteiger partial charge in [-0.1, -0.05) is 6.58 Å². The summed E-state index contributed by atoms with van der Waals surface area (Å²) in [5, 5.41) is 4.50. The fraction of sp³-hybridized carbons (Fsp3) is 0.286. The molecule has 2 aliphatic rings. The van der Waals surface area contributed by atoms with Gasteiger partial charge < -0.3 is 5.32 Å².